The fraction of sp³-hybridized carbons (Fsp3) is 0.133. The molecule has 6 heteroatoms. The molecule has 0 aliphatic heterocycles. The summed E-state index contributed by atoms with van der Waals surface area (Å²) in [5.74, 6) is 1.40. The zero-order valence-corrected chi connectivity index (χ0v) is 15.2. The third-order valence-corrected chi connectivity index (χ3v) is 4.55. The highest BCUT2D eigenvalue weighted by atomic mass is 127. The van der Waals surface area contributed by atoms with E-state index in [1.165, 1.54) is 0 Å². The molecule has 0 aliphatic carbocycles. The van der Waals surface area contributed by atoms with Gasteiger partial charge in [0.15, 0.2) is 0 Å². The molecule has 2 nitrogen and oxygen atoms in total. The lowest BCUT2D eigenvalue weighted by Crippen LogP contribution is -2.02. The molecular weight excluding hydrogens is 441 g/mol. The second kappa shape index (κ2) is 6.32. The van der Waals surface area contributed by atoms with Crippen molar-refractivity contribution in [2.75, 3.05) is 5.88 Å². The van der Waals surface area contributed by atoms with Gasteiger partial charge < -0.3 is 0 Å². The number of fused-ring (bicyclic) bond motifs is 1. The Morgan fingerprint density at radius 3 is 2.62 bits per heavy atom. The van der Waals surface area contributed by atoms with E-state index in [4.69, 9.17) is 34.8 Å². The van der Waals surface area contributed by atoms with Gasteiger partial charge in [0.25, 0.3) is 0 Å². The van der Waals surface area contributed by atoms with Crippen molar-refractivity contribution >= 4 is 68.4 Å². The standard InChI is InChI=1S/C15H10Cl3IN2/c16-6-5-15-20-12-8-10(19)2-4-14(12)21(15)13-3-1-9(17)7-11(13)18/h1-4,7-8H,5-6H2. The van der Waals surface area contributed by atoms with Gasteiger partial charge in [0.05, 0.1) is 21.7 Å². The molecule has 0 saturated carbocycles. The average Bonchev–Trinajstić information content (AvgIpc) is 2.76. The SMILES string of the molecule is ClCCc1nc2cc(I)ccc2n1-c1ccc(Cl)cc1Cl. The van der Waals surface area contributed by atoms with Gasteiger partial charge in [0.2, 0.25) is 0 Å². The number of aromatic nitrogens is 2. The molecule has 0 spiro atoms. The summed E-state index contributed by atoms with van der Waals surface area (Å²) in [4.78, 5) is 4.69. The Kier molecular flexibility index (Phi) is 4.64. The number of benzene rings is 2. The number of aryl methyl sites for hydroxylation is 1. The molecule has 3 aromatic rings. The molecule has 21 heavy (non-hydrogen) atoms. The van der Waals surface area contributed by atoms with Crippen LogP contribution in [-0.4, -0.2) is 15.4 Å². The lowest BCUT2D eigenvalue weighted by Gasteiger charge is -2.11. The third-order valence-electron chi connectivity index (χ3n) is 3.15. The highest BCUT2D eigenvalue weighted by Crippen LogP contribution is 2.30. The molecular formula is C15H10Cl3IN2. The molecule has 108 valence electrons. The average molecular weight is 452 g/mol. The molecule has 3 rings (SSSR count). The molecule has 0 atom stereocenters. The number of rotatable bonds is 3. The van der Waals surface area contributed by atoms with Crippen molar-refractivity contribution in [3.8, 4) is 5.69 Å². The van der Waals surface area contributed by atoms with E-state index in [0.29, 0.717) is 22.3 Å². The summed E-state index contributed by atoms with van der Waals surface area (Å²) < 4.78 is 3.19. The van der Waals surface area contributed by atoms with Gasteiger partial charge in [0.1, 0.15) is 5.82 Å². The zero-order chi connectivity index (χ0) is 15.0. The first-order valence-corrected chi connectivity index (χ1v) is 8.65. The third kappa shape index (κ3) is 3.02. The first-order valence-electron chi connectivity index (χ1n) is 6.28. The van der Waals surface area contributed by atoms with Gasteiger partial charge >= 0.3 is 0 Å². The van der Waals surface area contributed by atoms with E-state index < -0.39 is 0 Å². The van der Waals surface area contributed by atoms with Crippen LogP contribution in [0.25, 0.3) is 16.7 Å². The Hall–Kier alpha value is -0.490. The van der Waals surface area contributed by atoms with Crippen molar-refractivity contribution in [3.05, 3.63) is 55.8 Å². The monoisotopic (exact) mass is 450 g/mol. The summed E-state index contributed by atoms with van der Waals surface area (Å²) in [6.45, 7) is 0. The Morgan fingerprint density at radius 1 is 1.10 bits per heavy atom. The van der Waals surface area contributed by atoms with Crippen molar-refractivity contribution in [3.63, 3.8) is 0 Å². The molecule has 0 bridgehead atoms. The van der Waals surface area contributed by atoms with Crippen molar-refractivity contribution in [1.29, 1.82) is 0 Å². The number of hydrogen-bond donors (Lipinski definition) is 0. The molecule has 0 aliphatic rings. The van der Waals surface area contributed by atoms with Gasteiger partial charge in [0, 0.05) is 20.9 Å². The first kappa shape index (κ1) is 15.4. The second-order valence-electron chi connectivity index (χ2n) is 4.53. The largest absolute Gasteiger partial charge is 0.295 e. The molecule has 0 amide bonds. The zero-order valence-electron chi connectivity index (χ0n) is 10.8. The van der Waals surface area contributed by atoms with Crippen molar-refractivity contribution in [1.82, 2.24) is 9.55 Å². The second-order valence-corrected chi connectivity index (χ2v) is 7.00. The van der Waals surface area contributed by atoms with Crippen LogP contribution in [0.3, 0.4) is 0 Å². The molecule has 0 saturated heterocycles. The smallest absolute Gasteiger partial charge is 0.115 e. The van der Waals surface area contributed by atoms with Crippen LogP contribution in [0.1, 0.15) is 5.82 Å². The summed E-state index contributed by atoms with van der Waals surface area (Å²) >= 11 is 20.5. The number of hydrogen-bond acceptors (Lipinski definition) is 1. The van der Waals surface area contributed by atoms with Crippen LogP contribution in [0.15, 0.2) is 36.4 Å². The Labute approximate surface area is 151 Å². The summed E-state index contributed by atoms with van der Waals surface area (Å²) in [5.41, 5.74) is 2.82. The topological polar surface area (TPSA) is 17.8 Å². The van der Waals surface area contributed by atoms with Gasteiger partial charge in [-0.25, -0.2) is 4.98 Å². The van der Waals surface area contributed by atoms with E-state index in [0.717, 1.165) is 26.1 Å². The normalized spacial score (nSPS) is 11.2. The summed E-state index contributed by atoms with van der Waals surface area (Å²) in [6.07, 6.45) is 0.672. The Morgan fingerprint density at radius 2 is 1.90 bits per heavy atom. The number of halogens is 4. The number of alkyl halides is 1. The fourth-order valence-electron chi connectivity index (χ4n) is 2.29. The predicted octanol–water partition coefficient (Wildman–Crippen LogP) is 5.72. The van der Waals surface area contributed by atoms with Crippen molar-refractivity contribution in [2.45, 2.75) is 6.42 Å². The molecule has 0 unspecified atom stereocenters. The fourth-order valence-corrected chi connectivity index (χ4v) is 3.42. The maximum absolute atomic E-state index is 6.36. The maximum Gasteiger partial charge on any atom is 0.115 e. The van der Waals surface area contributed by atoms with Crippen LogP contribution in [0.5, 0.6) is 0 Å². The van der Waals surface area contributed by atoms with Crippen molar-refractivity contribution < 1.29 is 0 Å². The lowest BCUT2D eigenvalue weighted by atomic mass is 10.2. The maximum atomic E-state index is 6.36. The lowest BCUT2D eigenvalue weighted by molar-refractivity contribution is 0.912. The molecule has 1 aromatic heterocycles. The highest BCUT2D eigenvalue weighted by Gasteiger charge is 2.14. The van der Waals surface area contributed by atoms with Crippen molar-refractivity contribution in [2.24, 2.45) is 0 Å². The van der Waals surface area contributed by atoms with Gasteiger partial charge in [-0.1, -0.05) is 23.2 Å². The molecule has 0 fully saturated rings. The molecule has 2 aromatic carbocycles. The van der Waals surface area contributed by atoms with E-state index in [-0.39, 0.29) is 0 Å². The van der Waals surface area contributed by atoms with Gasteiger partial charge in [-0.15, -0.1) is 11.6 Å². The van der Waals surface area contributed by atoms with Crippen LogP contribution in [0, 0.1) is 3.57 Å². The van der Waals surface area contributed by atoms with Crippen LogP contribution >= 0.6 is 57.4 Å². The van der Waals surface area contributed by atoms with E-state index in [1.54, 1.807) is 6.07 Å². The molecule has 0 N–H and O–H groups in total. The van der Waals surface area contributed by atoms with Gasteiger partial charge in [-0.05, 0) is 59.0 Å². The minimum atomic E-state index is 0.506. The Bertz CT molecular complexity index is 814. The number of imidazole rings is 1. The van der Waals surface area contributed by atoms with Crippen LogP contribution < -0.4 is 0 Å². The van der Waals surface area contributed by atoms with E-state index in [2.05, 4.69) is 33.6 Å². The molecule has 1 heterocycles. The van der Waals surface area contributed by atoms with E-state index in [9.17, 15) is 0 Å². The first-order chi connectivity index (χ1) is 10.1. The number of nitrogens with zero attached hydrogens (tertiary/aromatic N) is 2. The van der Waals surface area contributed by atoms with E-state index >= 15 is 0 Å². The van der Waals surface area contributed by atoms with Gasteiger partial charge in [-0.2, -0.15) is 0 Å². The molecule has 0 radical (unpaired) electrons. The summed E-state index contributed by atoms with van der Waals surface area (Å²) in [7, 11) is 0. The van der Waals surface area contributed by atoms with E-state index in [1.807, 2.05) is 28.8 Å². The minimum absolute atomic E-state index is 0.506. The minimum Gasteiger partial charge on any atom is -0.295 e. The summed E-state index contributed by atoms with van der Waals surface area (Å²) in [6, 6.07) is 11.6. The predicted molar refractivity (Wildman–Crippen MR) is 98.2 cm³/mol. The summed E-state index contributed by atoms with van der Waals surface area (Å²) in [5, 5.41) is 1.21. The Balaban J connectivity index is 2.30. The van der Waals surface area contributed by atoms with Crippen LogP contribution in [-0.2, 0) is 6.42 Å². The quantitative estimate of drug-likeness (QED) is 0.368. The van der Waals surface area contributed by atoms with Gasteiger partial charge in [-0.3, -0.25) is 4.57 Å². The van der Waals surface area contributed by atoms with Crippen LogP contribution in [0.4, 0.5) is 0 Å². The van der Waals surface area contributed by atoms with Crippen LogP contribution in [0.2, 0.25) is 10.0 Å². The highest BCUT2D eigenvalue weighted by molar-refractivity contribution is 14.1.